The van der Waals surface area contributed by atoms with Gasteiger partial charge in [-0.2, -0.15) is 0 Å². The van der Waals surface area contributed by atoms with Gasteiger partial charge in [-0.05, 0) is 35.4 Å². The van der Waals surface area contributed by atoms with Crippen LogP contribution in [-0.2, 0) is 6.54 Å². The summed E-state index contributed by atoms with van der Waals surface area (Å²) in [5.74, 6) is 0.762. The van der Waals surface area contributed by atoms with Crippen molar-refractivity contribution >= 4 is 11.7 Å². The molecule has 1 aliphatic rings. The fourth-order valence-electron chi connectivity index (χ4n) is 3.93. The molecule has 3 aromatic rings. The number of methoxy groups -OCH3 is 1. The molecular formula is C25H24N2O2. The van der Waals surface area contributed by atoms with Gasteiger partial charge in [0.05, 0.1) is 19.2 Å². The van der Waals surface area contributed by atoms with Gasteiger partial charge in [0.1, 0.15) is 5.75 Å². The number of benzene rings is 3. The Balaban J connectivity index is 1.77. The molecule has 146 valence electrons. The van der Waals surface area contributed by atoms with Crippen molar-refractivity contribution < 1.29 is 9.53 Å². The van der Waals surface area contributed by atoms with E-state index in [9.17, 15) is 4.79 Å². The molecule has 4 heteroatoms. The zero-order chi connectivity index (χ0) is 20.2. The van der Waals surface area contributed by atoms with Crippen molar-refractivity contribution in [1.82, 2.24) is 4.90 Å². The van der Waals surface area contributed by atoms with E-state index in [1.807, 2.05) is 88.7 Å². The van der Waals surface area contributed by atoms with E-state index in [-0.39, 0.29) is 18.1 Å². The van der Waals surface area contributed by atoms with Crippen LogP contribution in [0.5, 0.6) is 5.75 Å². The molecule has 0 radical (unpaired) electrons. The quantitative estimate of drug-likeness (QED) is 0.531. The molecule has 0 aliphatic carbocycles. The number of carbonyl (C=O) groups is 1. The summed E-state index contributed by atoms with van der Waals surface area (Å²) in [6.45, 7) is 4.59. The first-order valence-electron chi connectivity index (χ1n) is 9.68. The average Bonchev–Trinajstić information content (AvgIpc) is 3.06. The maximum absolute atomic E-state index is 13.6. The number of hydrogen-bond donors (Lipinski definition) is 0. The van der Waals surface area contributed by atoms with Crippen molar-refractivity contribution in [1.29, 1.82) is 0 Å². The van der Waals surface area contributed by atoms with E-state index in [2.05, 4.69) is 18.7 Å². The lowest BCUT2D eigenvalue weighted by Crippen LogP contribution is -2.33. The zero-order valence-corrected chi connectivity index (χ0v) is 16.4. The summed E-state index contributed by atoms with van der Waals surface area (Å²) in [4.78, 5) is 17.3. The van der Waals surface area contributed by atoms with Crippen molar-refractivity contribution in [2.75, 3.05) is 12.0 Å². The Morgan fingerprint density at radius 3 is 2.14 bits per heavy atom. The van der Waals surface area contributed by atoms with Gasteiger partial charge in [0.15, 0.2) is 0 Å². The van der Waals surface area contributed by atoms with Crippen LogP contribution in [0.1, 0.15) is 17.2 Å². The molecule has 2 amide bonds. The monoisotopic (exact) mass is 384 g/mol. The van der Waals surface area contributed by atoms with Crippen molar-refractivity contribution in [3.63, 3.8) is 0 Å². The van der Waals surface area contributed by atoms with Gasteiger partial charge in [-0.15, -0.1) is 6.58 Å². The van der Waals surface area contributed by atoms with Crippen LogP contribution in [0.2, 0.25) is 0 Å². The zero-order valence-electron chi connectivity index (χ0n) is 16.4. The molecule has 1 fully saturated rings. The van der Waals surface area contributed by atoms with E-state index in [0.717, 1.165) is 22.6 Å². The van der Waals surface area contributed by atoms with Crippen LogP contribution in [-0.4, -0.2) is 24.1 Å². The molecule has 0 unspecified atom stereocenters. The normalized spacial score (nSPS) is 18.7. The minimum absolute atomic E-state index is 0.0298. The van der Waals surface area contributed by atoms with E-state index in [0.29, 0.717) is 6.54 Å². The molecule has 0 spiro atoms. The van der Waals surface area contributed by atoms with Crippen LogP contribution in [0.4, 0.5) is 10.5 Å². The number of carbonyl (C=O) groups excluding carboxylic acids is 1. The van der Waals surface area contributed by atoms with Gasteiger partial charge in [0, 0.05) is 12.2 Å². The maximum Gasteiger partial charge on any atom is 0.326 e. The standard InChI is InChI=1S/C25H24N2O2/c1-3-23-24(20-12-8-5-9-13-20)27(21-14-16-22(29-2)17-15-21)25(28)26(23)18-19-10-6-4-7-11-19/h3-17,23-24H,1,18H2,2H3/t23-,24-/m1/s1. The Hall–Kier alpha value is -3.53. The largest absolute Gasteiger partial charge is 0.497 e. The first-order valence-corrected chi connectivity index (χ1v) is 9.68. The van der Waals surface area contributed by atoms with Crippen molar-refractivity contribution in [3.05, 3.63) is 109 Å². The molecule has 1 saturated heterocycles. The third-order valence-corrected chi connectivity index (χ3v) is 5.34. The van der Waals surface area contributed by atoms with E-state index in [1.54, 1.807) is 7.11 Å². The topological polar surface area (TPSA) is 32.8 Å². The molecule has 0 saturated carbocycles. The molecule has 1 aliphatic heterocycles. The van der Waals surface area contributed by atoms with E-state index in [1.165, 1.54) is 0 Å². The summed E-state index contributed by atoms with van der Waals surface area (Å²) in [5.41, 5.74) is 3.01. The van der Waals surface area contributed by atoms with E-state index in [4.69, 9.17) is 4.74 Å². The number of ether oxygens (including phenoxy) is 1. The van der Waals surface area contributed by atoms with Crippen LogP contribution < -0.4 is 9.64 Å². The molecule has 0 aromatic heterocycles. The van der Waals surface area contributed by atoms with Crippen LogP contribution in [0.3, 0.4) is 0 Å². The fourth-order valence-corrected chi connectivity index (χ4v) is 3.93. The third-order valence-electron chi connectivity index (χ3n) is 5.34. The molecule has 4 nitrogen and oxygen atoms in total. The highest BCUT2D eigenvalue weighted by atomic mass is 16.5. The molecule has 29 heavy (non-hydrogen) atoms. The summed E-state index contributed by atoms with van der Waals surface area (Å²) in [6, 6.07) is 27.5. The summed E-state index contributed by atoms with van der Waals surface area (Å²) in [7, 11) is 1.64. The van der Waals surface area contributed by atoms with Gasteiger partial charge < -0.3 is 9.64 Å². The predicted octanol–water partition coefficient (Wildman–Crippen LogP) is 5.43. The van der Waals surface area contributed by atoms with Crippen LogP contribution in [0, 0.1) is 0 Å². The minimum Gasteiger partial charge on any atom is -0.497 e. The van der Waals surface area contributed by atoms with E-state index < -0.39 is 0 Å². The predicted molar refractivity (Wildman–Crippen MR) is 116 cm³/mol. The highest BCUT2D eigenvalue weighted by Gasteiger charge is 2.45. The average molecular weight is 384 g/mol. The van der Waals surface area contributed by atoms with Gasteiger partial charge >= 0.3 is 6.03 Å². The Morgan fingerprint density at radius 1 is 0.931 bits per heavy atom. The van der Waals surface area contributed by atoms with Gasteiger partial charge in [0.25, 0.3) is 0 Å². The molecular weight excluding hydrogens is 360 g/mol. The molecule has 0 bridgehead atoms. The van der Waals surface area contributed by atoms with Crippen molar-refractivity contribution in [2.45, 2.75) is 18.6 Å². The lowest BCUT2D eigenvalue weighted by molar-refractivity contribution is 0.209. The molecule has 1 heterocycles. The Kier molecular flexibility index (Phi) is 5.34. The Labute approximate surface area is 171 Å². The molecule has 3 aromatic carbocycles. The number of hydrogen-bond acceptors (Lipinski definition) is 2. The third kappa shape index (κ3) is 3.61. The number of amides is 2. The second-order valence-electron chi connectivity index (χ2n) is 7.05. The number of anilines is 1. The lowest BCUT2D eigenvalue weighted by Gasteiger charge is -2.26. The lowest BCUT2D eigenvalue weighted by atomic mass is 9.98. The number of rotatable bonds is 6. The summed E-state index contributed by atoms with van der Waals surface area (Å²) < 4.78 is 5.28. The Bertz CT molecular complexity index is 971. The van der Waals surface area contributed by atoms with Crippen LogP contribution in [0.25, 0.3) is 0 Å². The molecule has 2 atom stereocenters. The summed E-state index contributed by atoms with van der Waals surface area (Å²) >= 11 is 0. The summed E-state index contributed by atoms with van der Waals surface area (Å²) in [5, 5.41) is 0. The Morgan fingerprint density at radius 2 is 1.55 bits per heavy atom. The van der Waals surface area contributed by atoms with Gasteiger partial charge in [-0.25, -0.2) is 4.79 Å². The SMILES string of the molecule is C=C[C@@H]1[C@@H](c2ccccc2)N(c2ccc(OC)cc2)C(=O)N1Cc1ccccc1. The van der Waals surface area contributed by atoms with Gasteiger partial charge in [-0.3, -0.25) is 4.90 Å². The maximum atomic E-state index is 13.6. The smallest absolute Gasteiger partial charge is 0.326 e. The molecule has 4 rings (SSSR count). The number of nitrogens with zero attached hydrogens (tertiary/aromatic N) is 2. The van der Waals surface area contributed by atoms with Crippen molar-refractivity contribution in [2.24, 2.45) is 0 Å². The van der Waals surface area contributed by atoms with Crippen LogP contribution >= 0.6 is 0 Å². The first-order chi connectivity index (χ1) is 14.2. The fraction of sp³-hybridized carbons (Fsp3) is 0.160. The highest BCUT2D eigenvalue weighted by Crippen LogP contribution is 2.40. The van der Waals surface area contributed by atoms with Crippen molar-refractivity contribution in [3.8, 4) is 5.75 Å². The van der Waals surface area contributed by atoms with E-state index >= 15 is 0 Å². The minimum atomic E-state index is -0.154. The van der Waals surface area contributed by atoms with Crippen LogP contribution in [0.15, 0.2) is 97.6 Å². The first kappa shape index (κ1) is 18.8. The second-order valence-corrected chi connectivity index (χ2v) is 7.05. The van der Waals surface area contributed by atoms with Gasteiger partial charge in [-0.1, -0.05) is 66.7 Å². The van der Waals surface area contributed by atoms with Gasteiger partial charge in [0.2, 0.25) is 0 Å². The second kappa shape index (κ2) is 8.23. The summed E-state index contributed by atoms with van der Waals surface area (Å²) in [6.07, 6.45) is 1.88. The highest BCUT2D eigenvalue weighted by molar-refractivity contribution is 5.96. The molecule has 0 N–H and O–H groups in total. The number of urea groups is 1.